The molecule has 114 valence electrons. The fourth-order valence-electron chi connectivity index (χ4n) is 1.94. The Bertz CT molecular complexity index is 578. The fraction of sp³-hybridized carbons (Fsp3) is 0.400. The maximum absolute atomic E-state index is 12.7. The van der Waals surface area contributed by atoms with Crippen LogP contribution in [0.25, 0.3) is 0 Å². The summed E-state index contributed by atoms with van der Waals surface area (Å²) in [5.74, 6) is 0. The quantitative estimate of drug-likeness (QED) is 0.806. The molecule has 0 spiro atoms. The Kier molecular flexibility index (Phi) is 5.36. The van der Waals surface area contributed by atoms with Crippen LogP contribution in [-0.2, 0) is 19.1 Å². The van der Waals surface area contributed by atoms with E-state index in [9.17, 15) is 13.2 Å². The molecular formula is C15H17F3N2S. The van der Waals surface area contributed by atoms with Crippen molar-refractivity contribution in [3.8, 4) is 0 Å². The first-order valence-electron chi connectivity index (χ1n) is 6.79. The molecule has 0 aliphatic heterocycles. The highest BCUT2D eigenvalue weighted by atomic mass is 32.1. The second-order valence-electron chi connectivity index (χ2n) is 4.78. The van der Waals surface area contributed by atoms with Crippen molar-refractivity contribution in [3.05, 3.63) is 51.5 Å². The second kappa shape index (κ2) is 7.04. The van der Waals surface area contributed by atoms with Crippen LogP contribution in [0.5, 0.6) is 0 Å². The van der Waals surface area contributed by atoms with Crippen molar-refractivity contribution in [1.29, 1.82) is 0 Å². The Morgan fingerprint density at radius 3 is 2.81 bits per heavy atom. The van der Waals surface area contributed by atoms with Gasteiger partial charge in [0, 0.05) is 18.3 Å². The van der Waals surface area contributed by atoms with Gasteiger partial charge in [0.1, 0.15) is 0 Å². The van der Waals surface area contributed by atoms with Crippen molar-refractivity contribution in [3.63, 3.8) is 0 Å². The summed E-state index contributed by atoms with van der Waals surface area (Å²) < 4.78 is 38.0. The topological polar surface area (TPSA) is 24.9 Å². The third-order valence-electron chi connectivity index (χ3n) is 2.94. The summed E-state index contributed by atoms with van der Waals surface area (Å²) in [6, 6.07) is 5.42. The average Bonchev–Trinajstić information content (AvgIpc) is 2.86. The highest BCUT2D eigenvalue weighted by Crippen LogP contribution is 2.30. The molecule has 0 saturated carbocycles. The summed E-state index contributed by atoms with van der Waals surface area (Å²) in [5.41, 5.74) is 0.962. The lowest BCUT2D eigenvalue weighted by atomic mass is 10.1. The molecule has 1 aromatic carbocycles. The number of thiazole rings is 1. The monoisotopic (exact) mass is 314 g/mol. The number of hydrogen-bond donors (Lipinski definition) is 1. The molecule has 0 radical (unpaired) electrons. The predicted molar refractivity (Wildman–Crippen MR) is 78.4 cm³/mol. The molecule has 2 rings (SSSR count). The molecule has 1 N–H and O–H groups in total. The minimum absolute atomic E-state index is 0.433. The summed E-state index contributed by atoms with van der Waals surface area (Å²) in [7, 11) is 0. The molecule has 0 atom stereocenters. The summed E-state index contributed by atoms with van der Waals surface area (Å²) in [4.78, 5) is 4.44. The molecule has 0 amide bonds. The molecule has 0 aliphatic rings. The van der Waals surface area contributed by atoms with Crippen molar-refractivity contribution in [2.24, 2.45) is 0 Å². The van der Waals surface area contributed by atoms with Crippen LogP contribution in [0.1, 0.15) is 35.2 Å². The van der Waals surface area contributed by atoms with E-state index in [4.69, 9.17) is 0 Å². The molecule has 0 unspecified atom stereocenters. The van der Waals surface area contributed by atoms with Gasteiger partial charge in [0.2, 0.25) is 0 Å². The van der Waals surface area contributed by atoms with E-state index in [1.165, 1.54) is 23.5 Å². The normalized spacial score (nSPS) is 11.8. The molecule has 0 saturated heterocycles. The molecule has 0 bridgehead atoms. The summed E-state index contributed by atoms with van der Waals surface area (Å²) in [6.45, 7) is 3.72. The van der Waals surface area contributed by atoms with Gasteiger partial charge in [-0.1, -0.05) is 25.1 Å². The van der Waals surface area contributed by atoms with E-state index in [0.717, 1.165) is 29.7 Å². The lowest BCUT2D eigenvalue weighted by Crippen LogP contribution is -2.13. The Morgan fingerprint density at radius 2 is 2.10 bits per heavy atom. The molecule has 6 heteroatoms. The number of benzene rings is 1. The van der Waals surface area contributed by atoms with Gasteiger partial charge in [-0.15, -0.1) is 11.3 Å². The molecule has 21 heavy (non-hydrogen) atoms. The summed E-state index contributed by atoms with van der Waals surface area (Å²) >= 11 is 1.48. The predicted octanol–water partition coefficient (Wildman–Crippen LogP) is 4.25. The van der Waals surface area contributed by atoms with Crippen molar-refractivity contribution in [2.75, 3.05) is 6.54 Å². The van der Waals surface area contributed by atoms with Crippen LogP contribution in [0.15, 0.2) is 29.6 Å². The van der Waals surface area contributed by atoms with Gasteiger partial charge in [-0.05, 0) is 24.6 Å². The molecule has 0 fully saturated rings. The van der Waals surface area contributed by atoms with Crippen molar-refractivity contribution >= 4 is 11.3 Å². The van der Waals surface area contributed by atoms with Gasteiger partial charge in [0.25, 0.3) is 0 Å². The van der Waals surface area contributed by atoms with Gasteiger partial charge in [-0.3, -0.25) is 0 Å². The van der Waals surface area contributed by atoms with Gasteiger partial charge >= 0.3 is 6.18 Å². The third-order valence-corrected chi connectivity index (χ3v) is 3.84. The van der Waals surface area contributed by atoms with E-state index < -0.39 is 11.7 Å². The van der Waals surface area contributed by atoms with Crippen LogP contribution in [0, 0.1) is 0 Å². The minimum Gasteiger partial charge on any atom is -0.311 e. The van der Waals surface area contributed by atoms with E-state index in [1.807, 2.05) is 5.38 Å². The first-order chi connectivity index (χ1) is 9.99. The standard InChI is InChI=1S/C15H17F3N2S/c1-2-6-19-9-13-10-21-14(20-13)8-11-4-3-5-12(7-11)15(16,17)18/h3-5,7,10,19H,2,6,8-9H2,1H3. The number of hydrogen-bond acceptors (Lipinski definition) is 3. The van der Waals surface area contributed by atoms with E-state index in [-0.39, 0.29) is 0 Å². The second-order valence-corrected chi connectivity index (χ2v) is 5.73. The van der Waals surface area contributed by atoms with Gasteiger partial charge in [-0.2, -0.15) is 13.2 Å². The van der Waals surface area contributed by atoms with Crippen molar-refractivity contribution in [1.82, 2.24) is 10.3 Å². The number of halogens is 3. The van der Waals surface area contributed by atoms with E-state index >= 15 is 0 Å². The lowest BCUT2D eigenvalue weighted by Gasteiger charge is -2.07. The third kappa shape index (κ3) is 4.82. The van der Waals surface area contributed by atoms with E-state index in [0.29, 0.717) is 18.5 Å². The maximum atomic E-state index is 12.7. The first-order valence-corrected chi connectivity index (χ1v) is 7.67. The maximum Gasteiger partial charge on any atom is 0.416 e. The molecule has 0 aliphatic carbocycles. The van der Waals surface area contributed by atoms with Crippen LogP contribution in [-0.4, -0.2) is 11.5 Å². The zero-order chi connectivity index (χ0) is 15.3. The van der Waals surface area contributed by atoms with E-state index in [1.54, 1.807) is 6.07 Å². The van der Waals surface area contributed by atoms with E-state index in [2.05, 4.69) is 17.2 Å². The number of rotatable bonds is 6. The van der Waals surface area contributed by atoms with Crippen LogP contribution in [0.2, 0.25) is 0 Å². The van der Waals surface area contributed by atoms with Gasteiger partial charge < -0.3 is 5.32 Å². The Morgan fingerprint density at radius 1 is 1.29 bits per heavy atom. The first kappa shape index (κ1) is 16.0. The smallest absolute Gasteiger partial charge is 0.311 e. The lowest BCUT2D eigenvalue weighted by molar-refractivity contribution is -0.137. The minimum atomic E-state index is -4.30. The molecule has 2 aromatic rings. The Labute approximate surface area is 126 Å². The zero-order valence-electron chi connectivity index (χ0n) is 11.7. The molecule has 1 aromatic heterocycles. The number of aromatic nitrogens is 1. The number of alkyl halides is 3. The largest absolute Gasteiger partial charge is 0.416 e. The fourth-order valence-corrected chi connectivity index (χ4v) is 2.76. The zero-order valence-corrected chi connectivity index (χ0v) is 12.5. The molecule has 2 nitrogen and oxygen atoms in total. The van der Waals surface area contributed by atoms with Crippen molar-refractivity contribution < 1.29 is 13.2 Å². The van der Waals surface area contributed by atoms with Crippen LogP contribution < -0.4 is 5.32 Å². The summed E-state index contributed by atoms with van der Waals surface area (Å²) in [6.07, 6.45) is -2.81. The number of nitrogens with one attached hydrogen (secondary N) is 1. The van der Waals surface area contributed by atoms with Gasteiger partial charge in [0.05, 0.1) is 16.3 Å². The van der Waals surface area contributed by atoms with Gasteiger partial charge in [-0.25, -0.2) is 4.98 Å². The average molecular weight is 314 g/mol. The van der Waals surface area contributed by atoms with Crippen molar-refractivity contribution in [2.45, 2.75) is 32.5 Å². The van der Waals surface area contributed by atoms with Crippen LogP contribution in [0.3, 0.4) is 0 Å². The summed E-state index contributed by atoms with van der Waals surface area (Å²) in [5, 5.41) is 6.04. The molecular weight excluding hydrogens is 297 g/mol. The highest BCUT2D eigenvalue weighted by molar-refractivity contribution is 7.09. The molecule has 1 heterocycles. The van der Waals surface area contributed by atoms with Crippen LogP contribution >= 0.6 is 11.3 Å². The Balaban J connectivity index is 2.02. The van der Waals surface area contributed by atoms with Crippen LogP contribution in [0.4, 0.5) is 13.2 Å². The van der Waals surface area contributed by atoms with Gasteiger partial charge in [0.15, 0.2) is 0 Å². The Hall–Kier alpha value is -1.40. The SMILES string of the molecule is CCCNCc1csc(Cc2cccc(C(F)(F)F)c2)n1. The highest BCUT2D eigenvalue weighted by Gasteiger charge is 2.30. The number of nitrogens with zero attached hydrogens (tertiary/aromatic N) is 1.